The van der Waals surface area contributed by atoms with Crippen molar-refractivity contribution in [1.82, 2.24) is 4.98 Å². The van der Waals surface area contributed by atoms with E-state index in [1.807, 2.05) is 0 Å². The normalized spacial score (nSPS) is 9.96. The van der Waals surface area contributed by atoms with Crippen LogP contribution >= 0.6 is 11.3 Å². The molecule has 0 spiro atoms. The first kappa shape index (κ1) is 19.1. The van der Waals surface area contributed by atoms with Gasteiger partial charge in [0, 0.05) is 5.38 Å². The molecule has 0 unspecified atom stereocenters. The van der Waals surface area contributed by atoms with Gasteiger partial charge in [0.05, 0.1) is 36.7 Å². The maximum atomic E-state index is 12.1. The van der Waals surface area contributed by atoms with Crippen molar-refractivity contribution in [3.63, 3.8) is 0 Å². The van der Waals surface area contributed by atoms with Crippen LogP contribution in [0.4, 0.5) is 10.8 Å². The number of amides is 2. The Labute approximate surface area is 152 Å². The number of ether oxygens (including phenoxy) is 2. The molecule has 136 valence electrons. The fourth-order valence-electron chi connectivity index (χ4n) is 1.92. The zero-order valence-electron chi connectivity index (χ0n) is 14.1. The number of aryl methyl sites for hydroxylation is 1. The summed E-state index contributed by atoms with van der Waals surface area (Å²) in [4.78, 5) is 51.6. The first-order chi connectivity index (χ1) is 12.3. The zero-order chi connectivity index (χ0) is 19.3. The molecule has 9 nitrogen and oxygen atoms in total. The number of methoxy groups -OCH3 is 2. The third kappa shape index (κ3) is 4.42. The second kappa shape index (κ2) is 8.21. The Balaban J connectivity index is 2.24. The molecule has 1 heterocycles. The fourth-order valence-corrected chi connectivity index (χ4v) is 2.61. The van der Waals surface area contributed by atoms with Crippen LogP contribution in [0.5, 0.6) is 0 Å². The van der Waals surface area contributed by atoms with E-state index in [-0.39, 0.29) is 21.9 Å². The van der Waals surface area contributed by atoms with Gasteiger partial charge in [0.2, 0.25) is 0 Å². The molecule has 26 heavy (non-hydrogen) atoms. The van der Waals surface area contributed by atoms with E-state index in [1.54, 1.807) is 12.3 Å². The number of hydrogen-bond acceptors (Lipinski definition) is 8. The second-order valence-corrected chi connectivity index (χ2v) is 5.80. The number of benzene rings is 1. The number of nitrogens with zero attached hydrogens (tertiary/aromatic N) is 1. The fraction of sp³-hybridized carbons (Fsp3) is 0.188. The molecule has 0 aliphatic heterocycles. The van der Waals surface area contributed by atoms with Crippen molar-refractivity contribution in [2.45, 2.75) is 6.92 Å². The van der Waals surface area contributed by atoms with Gasteiger partial charge in [0.15, 0.2) is 5.13 Å². The van der Waals surface area contributed by atoms with Crippen molar-refractivity contribution >= 4 is 45.9 Å². The van der Waals surface area contributed by atoms with Gasteiger partial charge in [-0.15, -0.1) is 11.3 Å². The van der Waals surface area contributed by atoms with E-state index in [4.69, 9.17) is 0 Å². The lowest BCUT2D eigenvalue weighted by atomic mass is 10.1. The van der Waals surface area contributed by atoms with E-state index < -0.39 is 23.8 Å². The number of esters is 2. The smallest absolute Gasteiger partial charge is 0.339 e. The van der Waals surface area contributed by atoms with E-state index >= 15 is 0 Å². The standard InChI is InChI=1S/C16H15N3O6S/c1-8-7-26-16(17-8)19-13(21)12(20)18-11-6-9(14(22)24-2)4-5-10(11)15(23)25-3/h4-7H,1-3H3,(H,18,20)(H,17,19,21). The minimum absolute atomic E-state index is 0.0219. The molecule has 1 aromatic heterocycles. The third-order valence-corrected chi connectivity index (χ3v) is 4.02. The SMILES string of the molecule is COC(=O)c1ccc(C(=O)OC)c(NC(=O)C(=O)Nc2nc(C)cs2)c1. The summed E-state index contributed by atoms with van der Waals surface area (Å²) in [5, 5.41) is 6.61. The van der Waals surface area contributed by atoms with Gasteiger partial charge in [-0.25, -0.2) is 14.6 Å². The predicted molar refractivity (Wildman–Crippen MR) is 93.2 cm³/mol. The third-order valence-electron chi connectivity index (χ3n) is 3.14. The number of anilines is 2. The van der Waals surface area contributed by atoms with E-state index in [1.165, 1.54) is 32.4 Å². The van der Waals surface area contributed by atoms with Crippen molar-refractivity contribution in [3.8, 4) is 0 Å². The Morgan fingerprint density at radius 1 is 1.00 bits per heavy atom. The topological polar surface area (TPSA) is 124 Å². The van der Waals surface area contributed by atoms with E-state index in [0.717, 1.165) is 11.3 Å². The molecule has 0 radical (unpaired) electrons. The van der Waals surface area contributed by atoms with Crippen molar-refractivity contribution < 1.29 is 28.7 Å². The summed E-state index contributed by atoms with van der Waals surface area (Å²) in [5.41, 5.74) is 0.706. The molecule has 2 N–H and O–H groups in total. The van der Waals surface area contributed by atoms with Crippen LogP contribution < -0.4 is 10.6 Å². The number of thiazole rings is 1. The maximum absolute atomic E-state index is 12.1. The highest BCUT2D eigenvalue weighted by Crippen LogP contribution is 2.20. The zero-order valence-corrected chi connectivity index (χ0v) is 14.9. The van der Waals surface area contributed by atoms with Crippen LogP contribution in [0, 0.1) is 6.92 Å². The highest BCUT2D eigenvalue weighted by molar-refractivity contribution is 7.14. The average Bonchev–Trinajstić information content (AvgIpc) is 3.04. The van der Waals surface area contributed by atoms with Crippen LogP contribution in [0.1, 0.15) is 26.4 Å². The quantitative estimate of drug-likeness (QED) is 0.613. The predicted octanol–water partition coefficient (Wildman–Crippen LogP) is 1.60. The largest absolute Gasteiger partial charge is 0.465 e. The number of hydrogen-bond donors (Lipinski definition) is 2. The van der Waals surface area contributed by atoms with Crippen LogP contribution in [0.15, 0.2) is 23.6 Å². The molecule has 0 aliphatic rings. The van der Waals surface area contributed by atoms with Crippen molar-refractivity contribution in [3.05, 3.63) is 40.4 Å². The van der Waals surface area contributed by atoms with Crippen LogP contribution in [0.3, 0.4) is 0 Å². The van der Waals surface area contributed by atoms with Gasteiger partial charge < -0.3 is 14.8 Å². The summed E-state index contributed by atoms with van der Waals surface area (Å²) >= 11 is 1.16. The molecule has 1 aromatic carbocycles. The van der Waals surface area contributed by atoms with Gasteiger partial charge in [0.1, 0.15) is 0 Å². The molecule has 0 fully saturated rings. The van der Waals surface area contributed by atoms with Crippen molar-refractivity contribution in [1.29, 1.82) is 0 Å². The number of carbonyl (C=O) groups is 4. The van der Waals surface area contributed by atoms with Gasteiger partial charge in [-0.3, -0.25) is 14.9 Å². The lowest BCUT2D eigenvalue weighted by Crippen LogP contribution is -2.30. The molecule has 10 heteroatoms. The Morgan fingerprint density at radius 3 is 2.23 bits per heavy atom. The first-order valence-corrected chi connectivity index (χ1v) is 8.08. The van der Waals surface area contributed by atoms with Gasteiger partial charge >= 0.3 is 23.8 Å². The highest BCUT2D eigenvalue weighted by Gasteiger charge is 2.21. The van der Waals surface area contributed by atoms with E-state index in [0.29, 0.717) is 5.69 Å². The molecular formula is C16H15N3O6S. The molecule has 0 saturated carbocycles. The first-order valence-electron chi connectivity index (χ1n) is 7.20. The molecule has 0 atom stereocenters. The van der Waals surface area contributed by atoms with Crippen LogP contribution in [-0.4, -0.2) is 43.0 Å². The summed E-state index contributed by atoms with van der Waals surface area (Å²) in [6.45, 7) is 1.74. The molecule has 0 aliphatic carbocycles. The summed E-state index contributed by atoms with van der Waals surface area (Å²) in [6.07, 6.45) is 0. The summed E-state index contributed by atoms with van der Waals surface area (Å²) in [6, 6.07) is 3.85. The van der Waals surface area contributed by atoms with E-state index in [9.17, 15) is 19.2 Å². The maximum Gasteiger partial charge on any atom is 0.339 e. The number of aromatic nitrogens is 1. The van der Waals surface area contributed by atoms with Crippen LogP contribution in [-0.2, 0) is 19.1 Å². The average molecular weight is 377 g/mol. The Hall–Kier alpha value is -3.27. The molecule has 2 rings (SSSR count). The van der Waals surface area contributed by atoms with Crippen molar-refractivity contribution in [2.24, 2.45) is 0 Å². The Bertz CT molecular complexity index is 877. The number of carbonyl (C=O) groups excluding carboxylic acids is 4. The van der Waals surface area contributed by atoms with Crippen molar-refractivity contribution in [2.75, 3.05) is 24.9 Å². The van der Waals surface area contributed by atoms with Gasteiger partial charge in [-0.2, -0.15) is 0 Å². The molecule has 2 aromatic rings. The monoisotopic (exact) mass is 377 g/mol. The van der Waals surface area contributed by atoms with Crippen LogP contribution in [0.2, 0.25) is 0 Å². The molecule has 0 bridgehead atoms. The number of nitrogens with one attached hydrogen (secondary N) is 2. The lowest BCUT2D eigenvalue weighted by molar-refractivity contribution is -0.133. The van der Waals surface area contributed by atoms with E-state index in [2.05, 4.69) is 25.1 Å². The summed E-state index contributed by atoms with van der Waals surface area (Å²) < 4.78 is 9.23. The summed E-state index contributed by atoms with van der Waals surface area (Å²) in [5.74, 6) is -3.42. The Kier molecular flexibility index (Phi) is 6.02. The highest BCUT2D eigenvalue weighted by atomic mass is 32.1. The molecule has 2 amide bonds. The summed E-state index contributed by atoms with van der Waals surface area (Å²) in [7, 11) is 2.36. The lowest BCUT2D eigenvalue weighted by Gasteiger charge is -2.11. The minimum atomic E-state index is -1.04. The van der Waals surface area contributed by atoms with Gasteiger partial charge in [-0.05, 0) is 25.1 Å². The second-order valence-electron chi connectivity index (χ2n) is 4.95. The van der Waals surface area contributed by atoms with Crippen LogP contribution in [0.25, 0.3) is 0 Å². The molecular weight excluding hydrogens is 362 g/mol. The minimum Gasteiger partial charge on any atom is -0.465 e. The van der Waals surface area contributed by atoms with Gasteiger partial charge in [0.25, 0.3) is 0 Å². The number of rotatable bonds is 4. The molecule has 0 saturated heterocycles. The van der Waals surface area contributed by atoms with Gasteiger partial charge in [-0.1, -0.05) is 0 Å². The Morgan fingerprint density at radius 2 is 1.65 bits per heavy atom.